The Balaban J connectivity index is 2.61. The van der Waals surface area contributed by atoms with Gasteiger partial charge in [-0.3, -0.25) is 14.9 Å². The van der Waals surface area contributed by atoms with E-state index in [0.717, 1.165) is 5.56 Å². The van der Waals surface area contributed by atoms with Gasteiger partial charge in [0.15, 0.2) is 0 Å². The molecule has 0 radical (unpaired) electrons. The molecule has 2 N–H and O–H groups in total. The quantitative estimate of drug-likeness (QED) is 0.568. The van der Waals surface area contributed by atoms with E-state index in [4.69, 9.17) is 5.11 Å². The van der Waals surface area contributed by atoms with Crippen LogP contribution in [0, 0.1) is 28.9 Å². The first-order valence-corrected chi connectivity index (χ1v) is 6.98. The van der Waals surface area contributed by atoms with Gasteiger partial charge in [0, 0.05) is 24.7 Å². The minimum absolute atomic E-state index is 0.0891. The molecule has 1 aromatic carbocycles. The van der Waals surface area contributed by atoms with Crippen molar-refractivity contribution in [2.75, 3.05) is 6.54 Å². The number of aliphatic carboxylic acids is 1. The molecule has 0 saturated heterocycles. The second kappa shape index (κ2) is 7.73. The van der Waals surface area contributed by atoms with Crippen LogP contribution < -0.4 is 5.32 Å². The lowest BCUT2D eigenvalue weighted by atomic mass is 9.97. The number of carboxylic acids is 1. The first-order valence-electron chi connectivity index (χ1n) is 6.98. The maximum Gasteiger partial charge on any atom is 0.307 e. The van der Waals surface area contributed by atoms with Gasteiger partial charge in [-0.05, 0) is 24.8 Å². The van der Waals surface area contributed by atoms with Gasteiger partial charge in [-0.15, -0.1) is 0 Å². The number of hydrogen-bond donors (Lipinski definition) is 2. The van der Waals surface area contributed by atoms with Gasteiger partial charge < -0.3 is 10.4 Å². The van der Waals surface area contributed by atoms with Gasteiger partial charge in [0.05, 0.1) is 10.8 Å². The van der Waals surface area contributed by atoms with Gasteiger partial charge in [-0.1, -0.05) is 26.0 Å². The second-order valence-corrected chi connectivity index (χ2v) is 5.67. The number of benzene rings is 1. The number of carbonyl (C=O) groups is 1. The predicted octanol–water partition coefficient (Wildman–Crippen LogP) is 2.74. The molecule has 0 aliphatic carbocycles. The van der Waals surface area contributed by atoms with E-state index < -0.39 is 16.8 Å². The summed E-state index contributed by atoms with van der Waals surface area (Å²) in [4.78, 5) is 21.6. The summed E-state index contributed by atoms with van der Waals surface area (Å²) in [5, 5.41) is 23.1. The number of nitrogens with one attached hydrogen (secondary N) is 1. The fraction of sp³-hybridized carbons (Fsp3) is 0.533. The van der Waals surface area contributed by atoms with Crippen molar-refractivity contribution >= 4 is 11.7 Å². The molecule has 0 heterocycles. The highest BCUT2D eigenvalue weighted by Crippen LogP contribution is 2.19. The summed E-state index contributed by atoms with van der Waals surface area (Å²) in [7, 11) is 0. The first kappa shape index (κ1) is 17.1. The molecule has 1 rings (SSSR count). The smallest absolute Gasteiger partial charge is 0.307 e. The summed E-state index contributed by atoms with van der Waals surface area (Å²) in [6, 6.07) is 5.05. The zero-order valence-electron chi connectivity index (χ0n) is 12.6. The summed E-state index contributed by atoms with van der Waals surface area (Å²) in [6.07, 6.45) is 0.608. The van der Waals surface area contributed by atoms with Crippen molar-refractivity contribution < 1.29 is 14.8 Å². The van der Waals surface area contributed by atoms with E-state index in [-0.39, 0.29) is 5.69 Å². The van der Waals surface area contributed by atoms with Crippen LogP contribution in [-0.4, -0.2) is 22.5 Å². The number of hydrogen-bond acceptors (Lipinski definition) is 4. The zero-order chi connectivity index (χ0) is 16.0. The van der Waals surface area contributed by atoms with E-state index in [1.807, 2.05) is 19.9 Å². The maximum atomic E-state index is 11.1. The Morgan fingerprint density at radius 3 is 2.62 bits per heavy atom. The average molecular weight is 294 g/mol. The summed E-state index contributed by atoms with van der Waals surface area (Å²) in [5.74, 6) is -0.940. The SMILES string of the molecule is Cc1ccc(CNCC(CC(C)C)C(=O)O)cc1[N+](=O)[O-]. The van der Waals surface area contributed by atoms with E-state index in [1.165, 1.54) is 6.07 Å². The topological polar surface area (TPSA) is 92.5 Å². The molecule has 0 aliphatic rings. The monoisotopic (exact) mass is 294 g/mol. The Bertz CT molecular complexity index is 514. The van der Waals surface area contributed by atoms with Crippen molar-refractivity contribution in [3.8, 4) is 0 Å². The van der Waals surface area contributed by atoms with Crippen LogP contribution in [0.4, 0.5) is 5.69 Å². The number of nitro benzene ring substituents is 1. The Morgan fingerprint density at radius 2 is 2.10 bits per heavy atom. The summed E-state index contributed by atoms with van der Waals surface area (Å²) in [5.41, 5.74) is 1.49. The number of nitrogens with zero attached hydrogens (tertiary/aromatic N) is 1. The number of carboxylic acid groups (broad SMARTS) is 1. The summed E-state index contributed by atoms with van der Waals surface area (Å²) >= 11 is 0. The van der Waals surface area contributed by atoms with Crippen molar-refractivity contribution in [2.45, 2.75) is 33.7 Å². The molecule has 0 fully saturated rings. The summed E-state index contributed by atoms with van der Waals surface area (Å²) < 4.78 is 0. The minimum Gasteiger partial charge on any atom is -0.481 e. The molecule has 0 bridgehead atoms. The maximum absolute atomic E-state index is 11.1. The lowest BCUT2D eigenvalue weighted by molar-refractivity contribution is -0.385. The fourth-order valence-electron chi connectivity index (χ4n) is 2.19. The van der Waals surface area contributed by atoms with Gasteiger partial charge in [0.1, 0.15) is 0 Å². The highest BCUT2D eigenvalue weighted by atomic mass is 16.6. The molecule has 0 aromatic heterocycles. The molecular formula is C15H22N2O4. The highest BCUT2D eigenvalue weighted by Gasteiger charge is 2.18. The van der Waals surface area contributed by atoms with Crippen molar-refractivity contribution in [1.82, 2.24) is 5.32 Å². The van der Waals surface area contributed by atoms with Gasteiger partial charge in [-0.2, -0.15) is 0 Å². The van der Waals surface area contributed by atoms with Crippen molar-refractivity contribution in [1.29, 1.82) is 0 Å². The lowest BCUT2D eigenvalue weighted by Crippen LogP contribution is -2.29. The number of aryl methyl sites for hydroxylation is 1. The third-order valence-corrected chi connectivity index (χ3v) is 3.30. The predicted molar refractivity (Wildman–Crippen MR) is 80.1 cm³/mol. The largest absolute Gasteiger partial charge is 0.481 e. The van der Waals surface area contributed by atoms with Crippen molar-refractivity contribution in [3.63, 3.8) is 0 Å². The van der Waals surface area contributed by atoms with Crippen LogP contribution in [-0.2, 0) is 11.3 Å². The van der Waals surface area contributed by atoms with Crippen molar-refractivity contribution in [3.05, 3.63) is 39.4 Å². The van der Waals surface area contributed by atoms with Crippen LogP contribution in [0.15, 0.2) is 18.2 Å². The molecule has 6 nitrogen and oxygen atoms in total. The van der Waals surface area contributed by atoms with E-state index in [2.05, 4.69) is 5.32 Å². The highest BCUT2D eigenvalue weighted by molar-refractivity contribution is 5.70. The number of nitro groups is 1. The third kappa shape index (κ3) is 5.51. The van der Waals surface area contributed by atoms with Crippen LogP contribution >= 0.6 is 0 Å². The molecule has 0 amide bonds. The average Bonchev–Trinajstić information content (AvgIpc) is 2.38. The molecule has 1 aromatic rings. The van der Waals surface area contributed by atoms with Crippen LogP contribution in [0.25, 0.3) is 0 Å². The molecule has 0 saturated carbocycles. The normalized spacial score (nSPS) is 12.4. The van der Waals surface area contributed by atoms with Crippen molar-refractivity contribution in [2.24, 2.45) is 11.8 Å². The van der Waals surface area contributed by atoms with Crippen LogP contribution in [0.2, 0.25) is 0 Å². The Hall–Kier alpha value is -1.95. The number of rotatable bonds is 8. The fourth-order valence-corrected chi connectivity index (χ4v) is 2.19. The summed E-state index contributed by atoms with van der Waals surface area (Å²) in [6.45, 7) is 6.44. The molecule has 21 heavy (non-hydrogen) atoms. The first-order chi connectivity index (χ1) is 9.81. The van der Waals surface area contributed by atoms with Gasteiger partial charge in [-0.25, -0.2) is 0 Å². The zero-order valence-corrected chi connectivity index (χ0v) is 12.6. The molecular weight excluding hydrogens is 272 g/mol. The van der Waals surface area contributed by atoms with Gasteiger partial charge in [0.2, 0.25) is 0 Å². The third-order valence-electron chi connectivity index (χ3n) is 3.30. The van der Waals surface area contributed by atoms with E-state index in [0.29, 0.717) is 31.0 Å². The van der Waals surface area contributed by atoms with E-state index in [9.17, 15) is 14.9 Å². The molecule has 6 heteroatoms. The standard InChI is InChI=1S/C15H22N2O4/c1-10(2)6-13(15(18)19)9-16-8-12-5-4-11(3)14(7-12)17(20)21/h4-5,7,10,13,16H,6,8-9H2,1-3H3,(H,18,19). The van der Waals surface area contributed by atoms with E-state index >= 15 is 0 Å². The van der Waals surface area contributed by atoms with Gasteiger partial charge in [0.25, 0.3) is 5.69 Å². The van der Waals surface area contributed by atoms with Crippen LogP contribution in [0.3, 0.4) is 0 Å². The molecule has 1 unspecified atom stereocenters. The van der Waals surface area contributed by atoms with Gasteiger partial charge >= 0.3 is 5.97 Å². The second-order valence-electron chi connectivity index (χ2n) is 5.67. The molecule has 0 spiro atoms. The van der Waals surface area contributed by atoms with Crippen LogP contribution in [0.5, 0.6) is 0 Å². The van der Waals surface area contributed by atoms with Crippen LogP contribution in [0.1, 0.15) is 31.4 Å². The molecule has 116 valence electrons. The molecule has 0 aliphatic heterocycles. The minimum atomic E-state index is -0.814. The lowest BCUT2D eigenvalue weighted by Gasteiger charge is -2.15. The Labute approximate surface area is 124 Å². The Kier molecular flexibility index (Phi) is 6.30. The Morgan fingerprint density at radius 1 is 1.43 bits per heavy atom. The van der Waals surface area contributed by atoms with E-state index in [1.54, 1.807) is 13.0 Å². The molecule has 1 atom stereocenters.